The molecule has 1 atom stereocenters. The summed E-state index contributed by atoms with van der Waals surface area (Å²) < 4.78 is 0. The second kappa shape index (κ2) is 7.49. The number of nitrogens with zero attached hydrogens (tertiary/aromatic N) is 1. The predicted octanol–water partition coefficient (Wildman–Crippen LogP) is 5.64. The Hall–Kier alpha value is -2.65. The average Bonchev–Trinajstić information content (AvgIpc) is 2.59. The lowest BCUT2D eigenvalue weighted by molar-refractivity contribution is -0.137. The maximum absolute atomic E-state index is 10.9. The van der Waals surface area contributed by atoms with E-state index in [-0.39, 0.29) is 12.3 Å². The molecule has 1 N–H and O–H groups in total. The number of carboxylic acid groups (broad SMARTS) is 1. The SMILES string of the molecule is CC(CC(=O)O)c1cccc(/C=C/c2ccc3ccc(Cl)cc3n2)c1. The molecule has 1 unspecified atom stereocenters. The van der Waals surface area contributed by atoms with Crippen molar-refractivity contribution in [1.29, 1.82) is 0 Å². The number of carbonyl (C=O) groups is 1. The van der Waals surface area contributed by atoms with Crippen LogP contribution >= 0.6 is 11.6 Å². The molecule has 0 aliphatic heterocycles. The third-order valence-electron chi connectivity index (χ3n) is 4.08. The van der Waals surface area contributed by atoms with E-state index in [1.54, 1.807) is 0 Å². The van der Waals surface area contributed by atoms with E-state index >= 15 is 0 Å². The fourth-order valence-electron chi connectivity index (χ4n) is 2.73. The monoisotopic (exact) mass is 351 g/mol. The number of aliphatic carboxylic acids is 1. The average molecular weight is 352 g/mol. The van der Waals surface area contributed by atoms with Gasteiger partial charge in [-0.1, -0.05) is 61.0 Å². The summed E-state index contributed by atoms with van der Waals surface area (Å²) in [6, 6.07) is 17.5. The number of halogens is 1. The molecule has 1 aromatic heterocycles. The Balaban J connectivity index is 1.83. The molecule has 0 radical (unpaired) electrons. The number of rotatable bonds is 5. The number of benzene rings is 2. The van der Waals surface area contributed by atoms with Gasteiger partial charge in [-0.3, -0.25) is 4.79 Å². The van der Waals surface area contributed by atoms with Crippen molar-refractivity contribution >= 4 is 40.6 Å². The second-order valence-electron chi connectivity index (χ2n) is 6.08. The first kappa shape index (κ1) is 17.2. The van der Waals surface area contributed by atoms with Gasteiger partial charge in [0.15, 0.2) is 0 Å². The first-order valence-corrected chi connectivity index (χ1v) is 8.45. The van der Waals surface area contributed by atoms with Crippen molar-refractivity contribution in [3.05, 3.63) is 76.4 Å². The minimum atomic E-state index is -0.785. The molecule has 0 saturated heterocycles. The fourth-order valence-corrected chi connectivity index (χ4v) is 2.90. The fraction of sp³-hybridized carbons (Fsp3) is 0.143. The van der Waals surface area contributed by atoms with Crippen molar-refractivity contribution in [3.8, 4) is 0 Å². The Bertz CT molecular complexity index is 950. The van der Waals surface area contributed by atoms with Gasteiger partial charge in [0.2, 0.25) is 0 Å². The lowest BCUT2D eigenvalue weighted by Crippen LogP contribution is -2.02. The molecule has 0 saturated carbocycles. The largest absolute Gasteiger partial charge is 0.481 e. The van der Waals surface area contributed by atoms with Crippen LogP contribution in [0.2, 0.25) is 5.02 Å². The number of pyridine rings is 1. The van der Waals surface area contributed by atoms with Crippen LogP contribution < -0.4 is 0 Å². The molecule has 3 rings (SSSR count). The van der Waals surface area contributed by atoms with Crippen LogP contribution in [0, 0.1) is 0 Å². The number of hydrogen-bond donors (Lipinski definition) is 1. The smallest absolute Gasteiger partial charge is 0.303 e. The summed E-state index contributed by atoms with van der Waals surface area (Å²) in [5, 5.41) is 10.7. The van der Waals surface area contributed by atoms with Crippen LogP contribution in [-0.2, 0) is 4.79 Å². The zero-order valence-electron chi connectivity index (χ0n) is 13.8. The second-order valence-corrected chi connectivity index (χ2v) is 6.51. The van der Waals surface area contributed by atoms with Crippen molar-refractivity contribution in [2.45, 2.75) is 19.3 Å². The van der Waals surface area contributed by atoms with E-state index in [9.17, 15) is 4.79 Å². The summed E-state index contributed by atoms with van der Waals surface area (Å²) >= 11 is 6.03. The van der Waals surface area contributed by atoms with Gasteiger partial charge in [0.05, 0.1) is 17.6 Å². The standard InChI is InChI=1S/C21H18ClNO2/c1-14(11-21(24)25)17-4-2-3-15(12-17)5-9-19-10-7-16-6-8-18(22)13-20(16)23-19/h2-10,12-14H,11H2,1H3,(H,24,25)/b9-5+. The molecule has 3 aromatic rings. The zero-order chi connectivity index (χ0) is 17.8. The molecule has 1 heterocycles. The highest BCUT2D eigenvalue weighted by atomic mass is 35.5. The predicted molar refractivity (Wildman–Crippen MR) is 103 cm³/mol. The van der Waals surface area contributed by atoms with Crippen LogP contribution in [0.25, 0.3) is 23.1 Å². The quantitative estimate of drug-likeness (QED) is 0.647. The first-order chi connectivity index (χ1) is 12.0. The summed E-state index contributed by atoms with van der Waals surface area (Å²) in [6.45, 7) is 1.92. The molecule has 2 aromatic carbocycles. The number of fused-ring (bicyclic) bond motifs is 1. The van der Waals surface area contributed by atoms with Crippen molar-refractivity contribution < 1.29 is 9.90 Å². The molecule has 0 aliphatic rings. The van der Waals surface area contributed by atoms with Gasteiger partial charge >= 0.3 is 5.97 Å². The maximum atomic E-state index is 10.9. The molecule has 4 heteroatoms. The van der Waals surface area contributed by atoms with E-state index in [0.29, 0.717) is 5.02 Å². The Labute approximate surface area is 151 Å². The van der Waals surface area contributed by atoms with Gasteiger partial charge in [-0.2, -0.15) is 0 Å². The minimum Gasteiger partial charge on any atom is -0.481 e. The van der Waals surface area contributed by atoms with E-state index in [4.69, 9.17) is 16.7 Å². The summed E-state index contributed by atoms with van der Waals surface area (Å²) in [5.41, 5.74) is 3.74. The van der Waals surface area contributed by atoms with Crippen molar-refractivity contribution in [3.63, 3.8) is 0 Å². The third kappa shape index (κ3) is 4.46. The number of aromatic nitrogens is 1. The normalized spacial score (nSPS) is 12.6. The van der Waals surface area contributed by atoms with Crippen molar-refractivity contribution in [1.82, 2.24) is 4.98 Å². The lowest BCUT2D eigenvalue weighted by Gasteiger charge is -2.09. The Morgan fingerprint density at radius 2 is 1.96 bits per heavy atom. The first-order valence-electron chi connectivity index (χ1n) is 8.07. The Kier molecular flexibility index (Phi) is 5.15. The molecule has 25 heavy (non-hydrogen) atoms. The van der Waals surface area contributed by atoms with Crippen LogP contribution in [0.1, 0.15) is 36.1 Å². The van der Waals surface area contributed by atoms with Gasteiger partial charge in [0.25, 0.3) is 0 Å². The van der Waals surface area contributed by atoms with Gasteiger partial charge in [0.1, 0.15) is 0 Å². The molecule has 0 aliphatic carbocycles. The van der Waals surface area contributed by atoms with Gasteiger partial charge in [0, 0.05) is 10.4 Å². The summed E-state index contributed by atoms with van der Waals surface area (Å²) in [7, 11) is 0. The summed E-state index contributed by atoms with van der Waals surface area (Å²) in [4.78, 5) is 15.5. The number of hydrogen-bond acceptors (Lipinski definition) is 2. The Morgan fingerprint density at radius 1 is 1.16 bits per heavy atom. The number of carboxylic acids is 1. The van der Waals surface area contributed by atoms with Crippen LogP contribution in [0.4, 0.5) is 0 Å². The molecule has 0 spiro atoms. The van der Waals surface area contributed by atoms with E-state index in [0.717, 1.165) is 27.7 Å². The molecular formula is C21H18ClNO2. The molecule has 3 nitrogen and oxygen atoms in total. The highest BCUT2D eigenvalue weighted by molar-refractivity contribution is 6.31. The zero-order valence-corrected chi connectivity index (χ0v) is 14.6. The summed E-state index contributed by atoms with van der Waals surface area (Å²) in [6.07, 6.45) is 4.05. The van der Waals surface area contributed by atoms with Crippen LogP contribution in [0.15, 0.2) is 54.6 Å². The minimum absolute atomic E-state index is 0.0215. The van der Waals surface area contributed by atoms with Gasteiger partial charge < -0.3 is 5.11 Å². The molecular weight excluding hydrogens is 334 g/mol. The van der Waals surface area contributed by atoms with Crippen LogP contribution in [0.5, 0.6) is 0 Å². The van der Waals surface area contributed by atoms with Crippen LogP contribution in [0.3, 0.4) is 0 Å². The van der Waals surface area contributed by atoms with Gasteiger partial charge in [-0.15, -0.1) is 0 Å². The van der Waals surface area contributed by atoms with Crippen LogP contribution in [-0.4, -0.2) is 16.1 Å². The van der Waals surface area contributed by atoms with Gasteiger partial charge in [-0.25, -0.2) is 4.98 Å². The van der Waals surface area contributed by atoms with E-state index in [1.807, 2.05) is 73.7 Å². The Morgan fingerprint density at radius 3 is 2.76 bits per heavy atom. The van der Waals surface area contributed by atoms with Gasteiger partial charge in [-0.05, 0) is 41.3 Å². The maximum Gasteiger partial charge on any atom is 0.303 e. The highest BCUT2D eigenvalue weighted by Gasteiger charge is 2.09. The summed E-state index contributed by atoms with van der Waals surface area (Å²) in [5.74, 6) is -0.806. The van der Waals surface area contributed by atoms with E-state index in [1.165, 1.54) is 0 Å². The van der Waals surface area contributed by atoms with Crippen molar-refractivity contribution in [2.24, 2.45) is 0 Å². The lowest BCUT2D eigenvalue weighted by atomic mass is 9.96. The molecule has 126 valence electrons. The molecule has 0 amide bonds. The van der Waals surface area contributed by atoms with E-state index in [2.05, 4.69) is 4.98 Å². The van der Waals surface area contributed by atoms with E-state index < -0.39 is 5.97 Å². The third-order valence-corrected chi connectivity index (χ3v) is 4.32. The highest BCUT2D eigenvalue weighted by Crippen LogP contribution is 2.22. The topological polar surface area (TPSA) is 50.2 Å². The molecule has 0 bridgehead atoms. The van der Waals surface area contributed by atoms with Crippen molar-refractivity contribution in [2.75, 3.05) is 0 Å². The molecule has 0 fully saturated rings.